The lowest BCUT2D eigenvalue weighted by Crippen LogP contribution is -2.57. The molecule has 3 fully saturated rings. The lowest BCUT2D eigenvalue weighted by Gasteiger charge is -2.39. The molecule has 2 N–H and O–H groups in total. The van der Waals surface area contributed by atoms with Gasteiger partial charge in [0.15, 0.2) is 5.96 Å². The summed E-state index contributed by atoms with van der Waals surface area (Å²) >= 11 is 0. The highest BCUT2D eigenvalue weighted by Gasteiger charge is 2.30. The molecule has 2 aliphatic heterocycles. The van der Waals surface area contributed by atoms with Gasteiger partial charge < -0.3 is 20.4 Å². The van der Waals surface area contributed by atoms with E-state index in [1.165, 1.54) is 32.1 Å². The van der Waals surface area contributed by atoms with Crippen molar-refractivity contribution in [1.29, 1.82) is 0 Å². The maximum atomic E-state index is 12.7. The van der Waals surface area contributed by atoms with Crippen LogP contribution in [-0.2, 0) is 9.59 Å². The number of nitrogens with one attached hydrogen (secondary N) is 2. The van der Waals surface area contributed by atoms with Gasteiger partial charge in [0, 0.05) is 58.8 Å². The lowest BCUT2D eigenvalue weighted by molar-refractivity contribution is -0.135. The van der Waals surface area contributed by atoms with E-state index in [0.29, 0.717) is 25.4 Å². The summed E-state index contributed by atoms with van der Waals surface area (Å²) in [5.74, 6) is 1.93. The third-order valence-electron chi connectivity index (χ3n) is 7.17. The minimum absolute atomic E-state index is 0. The predicted molar refractivity (Wildman–Crippen MR) is 144 cm³/mol. The zero-order valence-electron chi connectivity index (χ0n) is 20.7. The van der Waals surface area contributed by atoms with Crippen LogP contribution >= 0.6 is 24.0 Å². The van der Waals surface area contributed by atoms with Crippen molar-refractivity contribution in [3.63, 3.8) is 0 Å². The Morgan fingerprint density at radius 1 is 0.909 bits per heavy atom. The fourth-order valence-electron chi connectivity index (χ4n) is 5.19. The van der Waals surface area contributed by atoms with Gasteiger partial charge in [-0.1, -0.05) is 19.3 Å². The van der Waals surface area contributed by atoms with Crippen molar-refractivity contribution >= 4 is 41.8 Å². The number of amides is 2. The first kappa shape index (κ1) is 28.1. The number of hydrogen-bond acceptors (Lipinski definition) is 4. The van der Waals surface area contributed by atoms with Gasteiger partial charge in [-0.25, -0.2) is 0 Å². The summed E-state index contributed by atoms with van der Waals surface area (Å²) in [6.45, 7) is 11.4. The summed E-state index contributed by atoms with van der Waals surface area (Å²) in [4.78, 5) is 36.3. The predicted octanol–water partition coefficient (Wildman–Crippen LogP) is 2.29. The van der Waals surface area contributed by atoms with Gasteiger partial charge in [-0.05, 0) is 45.4 Å². The van der Waals surface area contributed by atoms with Crippen LogP contribution in [0.4, 0.5) is 0 Å². The fraction of sp³-hybridized carbons (Fsp3) is 0.875. The number of hydrogen-bond donors (Lipinski definition) is 2. The fourth-order valence-corrected chi connectivity index (χ4v) is 5.19. The van der Waals surface area contributed by atoms with E-state index >= 15 is 0 Å². The van der Waals surface area contributed by atoms with E-state index in [-0.39, 0.29) is 41.8 Å². The summed E-state index contributed by atoms with van der Waals surface area (Å²) in [5.41, 5.74) is 0. The molecule has 0 aromatic carbocycles. The SMILES string of the molecule is CCNC(=NCCNC(=O)CC1CCCCC1)N1CCN(C(C)C(=O)N2CCCC2)CC1.I. The van der Waals surface area contributed by atoms with Gasteiger partial charge in [-0.2, -0.15) is 0 Å². The number of likely N-dealkylation sites (tertiary alicyclic amines) is 1. The van der Waals surface area contributed by atoms with Gasteiger partial charge in [0.2, 0.25) is 11.8 Å². The highest BCUT2D eigenvalue weighted by Crippen LogP contribution is 2.26. The number of aliphatic imine (C=N–C) groups is 1. The Morgan fingerprint density at radius 2 is 1.58 bits per heavy atom. The first-order chi connectivity index (χ1) is 15.6. The number of piperazine rings is 1. The number of carbonyl (C=O) groups is 2. The Kier molecular flexibility index (Phi) is 12.8. The molecule has 2 saturated heterocycles. The van der Waals surface area contributed by atoms with Crippen molar-refractivity contribution in [3.8, 4) is 0 Å². The van der Waals surface area contributed by atoms with Crippen LogP contribution in [0.25, 0.3) is 0 Å². The molecule has 1 aliphatic carbocycles. The third-order valence-corrected chi connectivity index (χ3v) is 7.17. The molecular weight excluding hydrogens is 531 g/mol. The molecule has 0 radical (unpaired) electrons. The van der Waals surface area contributed by atoms with Crippen molar-refractivity contribution in [2.45, 2.75) is 71.3 Å². The average Bonchev–Trinajstić information content (AvgIpc) is 3.36. The molecule has 190 valence electrons. The third kappa shape index (κ3) is 8.88. The Balaban J connectivity index is 0.00000385. The number of guanidine groups is 1. The lowest BCUT2D eigenvalue weighted by atomic mass is 9.87. The second-order valence-electron chi connectivity index (χ2n) is 9.53. The van der Waals surface area contributed by atoms with E-state index in [1.54, 1.807) is 0 Å². The van der Waals surface area contributed by atoms with Crippen molar-refractivity contribution in [1.82, 2.24) is 25.3 Å². The molecule has 1 saturated carbocycles. The molecule has 3 rings (SSSR count). The van der Waals surface area contributed by atoms with Crippen molar-refractivity contribution < 1.29 is 9.59 Å². The first-order valence-corrected chi connectivity index (χ1v) is 12.9. The second kappa shape index (κ2) is 15.0. The molecular formula is C24H45IN6O2. The molecule has 0 spiro atoms. The maximum absolute atomic E-state index is 12.7. The van der Waals surface area contributed by atoms with Gasteiger partial charge in [0.05, 0.1) is 12.6 Å². The summed E-state index contributed by atoms with van der Waals surface area (Å²) < 4.78 is 0. The Morgan fingerprint density at radius 3 is 2.21 bits per heavy atom. The Labute approximate surface area is 217 Å². The number of rotatable bonds is 8. The zero-order chi connectivity index (χ0) is 22.8. The van der Waals surface area contributed by atoms with Crippen molar-refractivity contribution in [2.75, 3.05) is 58.9 Å². The van der Waals surface area contributed by atoms with Crippen LogP contribution in [0.5, 0.6) is 0 Å². The van der Waals surface area contributed by atoms with E-state index in [9.17, 15) is 9.59 Å². The van der Waals surface area contributed by atoms with Crippen LogP contribution in [0.2, 0.25) is 0 Å². The van der Waals surface area contributed by atoms with E-state index in [0.717, 1.165) is 64.6 Å². The molecule has 8 nitrogen and oxygen atoms in total. The summed E-state index contributed by atoms with van der Waals surface area (Å²) in [6.07, 6.45) is 9.20. The van der Waals surface area contributed by atoms with Gasteiger partial charge in [0.1, 0.15) is 0 Å². The van der Waals surface area contributed by atoms with E-state index in [2.05, 4.69) is 27.4 Å². The minimum atomic E-state index is -0.0471. The molecule has 2 heterocycles. The first-order valence-electron chi connectivity index (χ1n) is 12.9. The molecule has 0 aromatic heterocycles. The molecule has 0 aromatic rings. The average molecular weight is 577 g/mol. The molecule has 3 aliphatic rings. The van der Waals surface area contributed by atoms with Crippen LogP contribution in [0.15, 0.2) is 4.99 Å². The standard InChI is InChI=1S/C24H44N6O2.HI/c1-3-25-24(27-12-11-26-22(31)19-21-9-5-4-6-10-21)30-17-15-28(16-18-30)20(2)23(32)29-13-7-8-14-29;/h20-21H,3-19H2,1-2H3,(H,25,27)(H,26,31);1H. The van der Waals surface area contributed by atoms with Gasteiger partial charge in [-0.3, -0.25) is 19.5 Å². The van der Waals surface area contributed by atoms with Crippen LogP contribution in [0.1, 0.15) is 65.2 Å². The van der Waals surface area contributed by atoms with E-state index in [4.69, 9.17) is 4.99 Å². The minimum Gasteiger partial charge on any atom is -0.357 e. The summed E-state index contributed by atoms with van der Waals surface area (Å²) in [6, 6.07) is -0.0471. The molecule has 33 heavy (non-hydrogen) atoms. The van der Waals surface area contributed by atoms with E-state index in [1.807, 2.05) is 11.8 Å². The number of halogens is 1. The van der Waals surface area contributed by atoms with Gasteiger partial charge in [-0.15, -0.1) is 24.0 Å². The van der Waals surface area contributed by atoms with E-state index < -0.39 is 0 Å². The zero-order valence-corrected chi connectivity index (χ0v) is 23.0. The monoisotopic (exact) mass is 576 g/mol. The highest BCUT2D eigenvalue weighted by atomic mass is 127. The Bertz CT molecular complexity index is 626. The highest BCUT2D eigenvalue weighted by molar-refractivity contribution is 14.0. The summed E-state index contributed by atoms with van der Waals surface area (Å²) in [7, 11) is 0. The van der Waals surface area contributed by atoms with Crippen molar-refractivity contribution in [3.05, 3.63) is 0 Å². The smallest absolute Gasteiger partial charge is 0.239 e. The molecule has 1 atom stereocenters. The molecule has 1 unspecified atom stereocenters. The van der Waals surface area contributed by atoms with Crippen molar-refractivity contribution in [2.24, 2.45) is 10.9 Å². The quantitative estimate of drug-likeness (QED) is 0.201. The normalized spacial score (nSPS) is 21.5. The number of nitrogens with zero attached hydrogens (tertiary/aromatic N) is 4. The van der Waals surface area contributed by atoms with Crippen LogP contribution < -0.4 is 10.6 Å². The number of carbonyl (C=O) groups excluding carboxylic acids is 2. The van der Waals surface area contributed by atoms with Gasteiger partial charge in [0.25, 0.3) is 0 Å². The van der Waals surface area contributed by atoms with Crippen LogP contribution in [0, 0.1) is 5.92 Å². The maximum Gasteiger partial charge on any atom is 0.239 e. The second-order valence-corrected chi connectivity index (χ2v) is 9.53. The van der Waals surface area contributed by atoms with Crippen LogP contribution in [0.3, 0.4) is 0 Å². The molecule has 2 amide bonds. The largest absolute Gasteiger partial charge is 0.357 e. The molecule has 9 heteroatoms. The molecule has 0 bridgehead atoms. The summed E-state index contributed by atoms with van der Waals surface area (Å²) in [5, 5.41) is 6.44. The Hall–Kier alpha value is -1.10. The van der Waals surface area contributed by atoms with Gasteiger partial charge >= 0.3 is 0 Å². The topological polar surface area (TPSA) is 80.3 Å². The van der Waals surface area contributed by atoms with Crippen LogP contribution in [-0.4, -0.2) is 97.4 Å².